The van der Waals surface area contributed by atoms with E-state index in [2.05, 4.69) is 29.3 Å². The number of aryl methyl sites for hydroxylation is 1. The van der Waals surface area contributed by atoms with Gasteiger partial charge in [0.1, 0.15) is 6.42 Å². The van der Waals surface area contributed by atoms with Crippen LogP contribution in [0.1, 0.15) is 37.0 Å². The Morgan fingerprint density at radius 2 is 2.11 bits per heavy atom. The van der Waals surface area contributed by atoms with Gasteiger partial charge in [0.2, 0.25) is 11.8 Å². The number of rotatable bonds is 4. The monoisotopic (exact) mass is 259 g/mol. The van der Waals surface area contributed by atoms with Crippen LogP contribution >= 0.6 is 0 Å². The number of anilines is 1. The third-order valence-corrected chi connectivity index (χ3v) is 2.74. The quantitative estimate of drug-likeness (QED) is 0.916. The van der Waals surface area contributed by atoms with Crippen LogP contribution in [0.4, 0.5) is 5.69 Å². The number of carbonyl (C=O) groups is 1. The first-order valence-corrected chi connectivity index (χ1v) is 6.24. The van der Waals surface area contributed by atoms with E-state index in [4.69, 9.17) is 4.52 Å². The summed E-state index contributed by atoms with van der Waals surface area (Å²) >= 11 is 0. The van der Waals surface area contributed by atoms with Gasteiger partial charge in [-0.25, -0.2) is 0 Å². The van der Waals surface area contributed by atoms with E-state index in [1.807, 2.05) is 24.3 Å². The third kappa shape index (κ3) is 3.40. The fourth-order valence-electron chi connectivity index (χ4n) is 1.86. The van der Waals surface area contributed by atoms with Crippen LogP contribution in [0.2, 0.25) is 0 Å². The Morgan fingerprint density at radius 3 is 2.74 bits per heavy atom. The Hall–Kier alpha value is -2.17. The lowest BCUT2D eigenvalue weighted by Gasteiger charge is -2.12. The molecule has 2 aromatic rings. The van der Waals surface area contributed by atoms with E-state index in [1.165, 1.54) is 0 Å². The van der Waals surface area contributed by atoms with Crippen molar-refractivity contribution in [2.45, 2.75) is 33.1 Å². The normalized spacial score (nSPS) is 10.7. The summed E-state index contributed by atoms with van der Waals surface area (Å²) in [6.45, 7) is 5.90. The topological polar surface area (TPSA) is 68.0 Å². The van der Waals surface area contributed by atoms with Crippen molar-refractivity contribution in [2.75, 3.05) is 5.32 Å². The summed E-state index contributed by atoms with van der Waals surface area (Å²) in [4.78, 5) is 15.9. The average Bonchev–Trinajstić information content (AvgIpc) is 2.75. The van der Waals surface area contributed by atoms with Gasteiger partial charge in [0, 0.05) is 5.69 Å². The maximum atomic E-state index is 11.9. The highest BCUT2D eigenvalue weighted by Crippen LogP contribution is 2.23. The van der Waals surface area contributed by atoms with Crippen molar-refractivity contribution in [2.24, 2.45) is 0 Å². The molecular weight excluding hydrogens is 242 g/mol. The minimum Gasteiger partial charge on any atom is -0.339 e. The molecule has 0 unspecified atom stereocenters. The van der Waals surface area contributed by atoms with Gasteiger partial charge < -0.3 is 9.84 Å². The van der Waals surface area contributed by atoms with Crippen molar-refractivity contribution in [3.05, 3.63) is 41.5 Å². The second-order valence-electron chi connectivity index (χ2n) is 4.70. The molecular formula is C14H17N3O2. The molecule has 1 N–H and O–H groups in total. The molecule has 2 rings (SSSR count). The summed E-state index contributed by atoms with van der Waals surface area (Å²) in [6, 6.07) is 7.77. The van der Waals surface area contributed by atoms with Crippen LogP contribution in [0.3, 0.4) is 0 Å². The first-order valence-electron chi connectivity index (χ1n) is 6.24. The molecule has 0 aliphatic rings. The fraction of sp³-hybridized carbons (Fsp3) is 0.357. The predicted octanol–water partition coefficient (Wildman–Crippen LogP) is 2.68. The van der Waals surface area contributed by atoms with Crippen LogP contribution in [-0.4, -0.2) is 16.0 Å². The maximum Gasteiger partial charge on any atom is 0.236 e. The van der Waals surface area contributed by atoms with Gasteiger partial charge in [-0.05, 0) is 24.5 Å². The summed E-state index contributed by atoms with van der Waals surface area (Å²) in [6.07, 6.45) is 0.0905. The van der Waals surface area contributed by atoms with E-state index in [-0.39, 0.29) is 12.3 Å². The number of nitrogens with zero attached hydrogens (tertiary/aromatic N) is 2. The van der Waals surface area contributed by atoms with Gasteiger partial charge in [0.25, 0.3) is 0 Å². The van der Waals surface area contributed by atoms with Crippen molar-refractivity contribution in [3.63, 3.8) is 0 Å². The van der Waals surface area contributed by atoms with E-state index in [1.54, 1.807) is 6.92 Å². The summed E-state index contributed by atoms with van der Waals surface area (Å²) in [7, 11) is 0. The van der Waals surface area contributed by atoms with Gasteiger partial charge in [-0.2, -0.15) is 4.98 Å². The Balaban J connectivity index is 2.07. The van der Waals surface area contributed by atoms with E-state index in [9.17, 15) is 4.79 Å². The number of carbonyl (C=O) groups excluding carboxylic acids is 1. The molecule has 19 heavy (non-hydrogen) atoms. The molecule has 0 bridgehead atoms. The van der Waals surface area contributed by atoms with E-state index >= 15 is 0 Å². The smallest absolute Gasteiger partial charge is 0.236 e. The van der Waals surface area contributed by atoms with E-state index in [0.29, 0.717) is 17.6 Å². The van der Waals surface area contributed by atoms with E-state index in [0.717, 1.165) is 11.3 Å². The fourth-order valence-corrected chi connectivity index (χ4v) is 1.86. The molecule has 1 amide bonds. The zero-order valence-electron chi connectivity index (χ0n) is 11.3. The van der Waals surface area contributed by atoms with Crippen molar-refractivity contribution in [1.29, 1.82) is 0 Å². The number of nitrogens with one attached hydrogen (secondary N) is 1. The number of hydrogen-bond donors (Lipinski definition) is 1. The minimum absolute atomic E-state index is 0.0905. The molecule has 0 aliphatic heterocycles. The van der Waals surface area contributed by atoms with Crippen molar-refractivity contribution < 1.29 is 9.32 Å². The molecule has 0 aliphatic carbocycles. The van der Waals surface area contributed by atoms with Gasteiger partial charge in [0.15, 0.2) is 5.82 Å². The Morgan fingerprint density at radius 1 is 1.37 bits per heavy atom. The molecule has 0 radical (unpaired) electrons. The number of amides is 1. The number of benzene rings is 1. The van der Waals surface area contributed by atoms with Crippen LogP contribution in [0.15, 0.2) is 28.8 Å². The molecule has 0 saturated carbocycles. The predicted molar refractivity (Wildman–Crippen MR) is 71.9 cm³/mol. The van der Waals surface area contributed by atoms with Crippen LogP contribution in [0.5, 0.6) is 0 Å². The van der Waals surface area contributed by atoms with Crippen LogP contribution in [0, 0.1) is 6.92 Å². The molecule has 5 heteroatoms. The Labute approximate surface area is 112 Å². The molecule has 5 nitrogen and oxygen atoms in total. The second kappa shape index (κ2) is 5.65. The minimum atomic E-state index is -0.156. The standard InChI is InChI=1S/C14H17N3O2/c1-9(2)11-6-4-5-7-12(11)16-13(18)8-14-15-10(3)17-19-14/h4-7,9H,8H2,1-3H3,(H,16,18). The van der Waals surface area contributed by atoms with Gasteiger partial charge >= 0.3 is 0 Å². The van der Waals surface area contributed by atoms with Crippen molar-refractivity contribution in [1.82, 2.24) is 10.1 Å². The first-order chi connectivity index (χ1) is 9.06. The SMILES string of the molecule is Cc1noc(CC(=O)Nc2ccccc2C(C)C)n1. The lowest BCUT2D eigenvalue weighted by atomic mass is 10.0. The Kier molecular flexibility index (Phi) is 3.94. The van der Waals surface area contributed by atoms with Crippen molar-refractivity contribution in [3.8, 4) is 0 Å². The molecule has 0 atom stereocenters. The lowest BCUT2D eigenvalue weighted by molar-refractivity contribution is -0.115. The Bertz CT molecular complexity index is 576. The highest BCUT2D eigenvalue weighted by Gasteiger charge is 2.12. The number of hydrogen-bond acceptors (Lipinski definition) is 4. The second-order valence-corrected chi connectivity index (χ2v) is 4.70. The molecule has 100 valence electrons. The highest BCUT2D eigenvalue weighted by molar-refractivity contribution is 5.92. The van der Waals surface area contributed by atoms with E-state index < -0.39 is 0 Å². The summed E-state index contributed by atoms with van der Waals surface area (Å²) in [5, 5.41) is 6.54. The van der Waals surface area contributed by atoms with Gasteiger partial charge in [-0.1, -0.05) is 37.2 Å². The molecule has 1 aromatic carbocycles. The van der Waals surface area contributed by atoms with Gasteiger partial charge in [-0.15, -0.1) is 0 Å². The zero-order valence-corrected chi connectivity index (χ0v) is 11.3. The maximum absolute atomic E-state index is 11.9. The van der Waals surface area contributed by atoms with Gasteiger partial charge in [-0.3, -0.25) is 4.79 Å². The summed E-state index contributed by atoms with van der Waals surface area (Å²) in [5.41, 5.74) is 1.94. The first kappa shape index (κ1) is 13.3. The zero-order chi connectivity index (χ0) is 13.8. The number of para-hydroxylation sites is 1. The highest BCUT2D eigenvalue weighted by atomic mass is 16.5. The van der Waals surface area contributed by atoms with Crippen molar-refractivity contribution >= 4 is 11.6 Å². The van der Waals surface area contributed by atoms with Crippen LogP contribution < -0.4 is 5.32 Å². The molecule has 0 fully saturated rings. The summed E-state index contributed by atoms with van der Waals surface area (Å²) in [5.74, 6) is 1.06. The van der Waals surface area contributed by atoms with Crippen LogP contribution in [-0.2, 0) is 11.2 Å². The summed E-state index contributed by atoms with van der Waals surface area (Å²) < 4.78 is 4.93. The lowest BCUT2D eigenvalue weighted by Crippen LogP contribution is -2.16. The molecule has 1 aromatic heterocycles. The molecule has 1 heterocycles. The number of aromatic nitrogens is 2. The third-order valence-electron chi connectivity index (χ3n) is 2.74. The largest absolute Gasteiger partial charge is 0.339 e. The molecule has 0 spiro atoms. The van der Waals surface area contributed by atoms with Crippen LogP contribution in [0.25, 0.3) is 0 Å². The molecule has 0 saturated heterocycles. The average molecular weight is 259 g/mol. The van der Waals surface area contributed by atoms with Gasteiger partial charge in [0.05, 0.1) is 0 Å².